The van der Waals surface area contributed by atoms with Gasteiger partial charge in [-0.2, -0.15) is 0 Å². The number of carbonyl (C=O) groups excluding carboxylic acids is 2. The summed E-state index contributed by atoms with van der Waals surface area (Å²) in [5.74, 6) is 0.0190. The van der Waals surface area contributed by atoms with Crippen LogP contribution in [0.2, 0.25) is 0 Å². The molecule has 0 fully saturated rings. The van der Waals surface area contributed by atoms with E-state index in [2.05, 4.69) is 5.32 Å². The monoisotopic (exact) mass is 531 g/mol. The van der Waals surface area contributed by atoms with Gasteiger partial charge in [0.25, 0.3) is 0 Å². The molecule has 0 aliphatic heterocycles. The van der Waals surface area contributed by atoms with E-state index >= 15 is 0 Å². The molecule has 9 heteroatoms. The lowest BCUT2D eigenvalue weighted by Gasteiger charge is -2.34. The number of nitrogens with zero attached hydrogens (tertiary/aromatic N) is 2. The summed E-state index contributed by atoms with van der Waals surface area (Å²) in [6.45, 7) is 9.42. The zero-order valence-electron chi connectivity index (χ0n) is 23.0. The largest absolute Gasteiger partial charge is 0.497 e. The van der Waals surface area contributed by atoms with Crippen LogP contribution in [0.5, 0.6) is 5.75 Å². The Bertz CT molecular complexity index is 1150. The number of nitrogens with one attached hydrogen (secondary N) is 1. The van der Waals surface area contributed by atoms with Crippen molar-refractivity contribution >= 4 is 27.5 Å². The number of amides is 2. The van der Waals surface area contributed by atoms with Crippen molar-refractivity contribution in [3.8, 4) is 5.75 Å². The second-order valence-electron chi connectivity index (χ2n) is 9.59. The van der Waals surface area contributed by atoms with Crippen LogP contribution in [-0.2, 0) is 26.2 Å². The minimum atomic E-state index is -3.79. The molecule has 0 aliphatic carbocycles. The molecule has 37 heavy (non-hydrogen) atoms. The van der Waals surface area contributed by atoms with Gasteiger partial charge in [-0.15, -0.1) is 0 Å². The number of anilines is 1. The van der Waals surface area contributed by atoms with Crippen molar-refractivity contribution in [2.24, 2.45) is 0 Å². The minimum absolute atomic E-state index is 0.0510. The predicted octanol–water partition coefficient (Wildman–Crippen LogP) is 4.31. The summed E-state index contributed by atoms with van der Waals surface area (Å²) in [7, 11) is -2.22. The molecule has 2 unspecified atom stereocenters. The first-order valence-electron chi connectivity index (χ1n) is 12.7. The van der Waals surface area contributed by atoms with Crippen LogP contribution in [0.4, 0.5) is 5.69 Å². The van der Waals surface area contributed by atoms with Crippen LogP contribution < -0.4 is 14.4 Å². The third-order valence-electron chi connectivity index (χ3n) is 6.41. The van der Waals surface area contributed by atoms with Gasteiger partial charge in [0.2, 0.25) is 21.8 Å². The van der Waals surface area contributed by atoms with E-state index in [1.165, 1.54) is 4.90 Å². The Balaban J connectivity index is 2.50. The summed E-state index contributed by atoms with van der Waals surface area (Å²) in [6.07, 6.45) is 2.23. The van der Waals surface area contributed by atoms with E-state index in [1.54, 1.807) is 31.4 Å². The smallest absolute Gasteiger partial charge is 0.244 e. The standard InChI is InChI=1S/C28H41N3O5S/c1-8-21(5)29-28(33)25(9-2)30(18-22-14-16-23(36-6)17-15-22)27(32)19-31(37(7,34)35)26-13-11-10-12-24(26)20(3)4/h10-17,20-21,25H,8-9,18-19H2,1-7H3,(H,29,33). The molecule has 0 bridgehead atoms. The van der Waals surface area contributed by atoms with Crippen molar-refractivity contribution in [2.75, 3.05) is 24.2 Å². The zero-order chi connectivity index (χ0) is 27.8. The number of rotatable bonds is 13. The maximum atomic E-state index is 13.9. The molecule has 2 rings (SSSR count). The molecule has 2 aromatic rings. The fraction of sp³-hybridized carbons (Fsp3) is 0.500. The first-order valence-corrected chi connectivity index (χ1v) is 14.6. The van der Waals surface area contributed by atoms with Crippen molar-refractivity contribution in [1.82, 2.24) is 10.2 Å². The Labute approximate surface area is 222 Å². The molecule has 204 valence electrons. The Morgan fingerprint density at radius 2 is 1.59 bits per heavy atom. The van der Waals surface area contributed by atoms with E-state index in [0.29, 0.717) is 17.9 Å². The SMILES string of the molecule is CCC(C)NC(=O)C(CC)N(Cc1ccc(OC)cc1)C(=O)CN(c1ccccc1C(C)C)S(C)(=O)=O. The summed E-state index contributed by atoms with van der Waals surface area (Å²) in [6, 6.07) is 13.6. The van der Waals surface area contributed by atoms with Crippen LogP contribution in [0.1, 0.15) is 64.5 Å². The average Bonchev–Trinajstić information content (AvgIpc) is 2.86. The van der Waals surface area contributed by atoms with Crippen LogP contribution in [-0.4, -0.2) is 57.1 Å². The van der Waals surface area contributed by atoms with Crippen LogP contribution in [0, 0.1) is 0 Å². The molecular weight excluding hydrogens is 490 g/mol. The van der Waals surface area contributed by atoms with E-state index in [4.69, 9.17) is 4.74 Å². The van der Waals surface area contributed by atoms with Crippen molar-refractivity contribution in [3.63, 3.8) is 0 Å². The minimum Gasteiger partial charge on any atom is -0.497 e. The van der Waals surface area contributed by atoms with Gasteiger partial charge in [-0.3, -0.25) is 13.9 Å². The van der Waals surface area contributed by atoms with Gasteiger partial charge in [0.05, 0.1) is 19.1 Å². The first-order chi connectivity index (χ1) is 17.4. The van der Waals surface area contributed by atoms with E-state index in [0.717, 1.165) is 28.1 Å². The number of para-hydroxylation sites is 1. The van der Waals surface area contributed by atoms with Crippen LogP contribution in [0.3, 0.4) is 0 Å². The van der Waals surface area contributed by atoms with E-state index < -0.39 is 28.5 Å². The predicted molar refractivity (Wildman–Crippen MR) is 148 cm³/mol. The molecular formula is C28H41N3O5S. The summed E-state index contributed by atoms with van der Waals surface area (Å²) < 4.78 is 32.2. The van der Waals surface area contributed by atoms with Gasteiger partial charge in [-0.1, -0.05) is 58.0 Å². The summed E-state index contributed by atoms with van der Waals surface area (Å²) in [4.78, 5) is 28.6. The number of sulfonamides is 1. The Kier molecular flexibility index (Phi) is 11.0. The lowest BCUT2D eigenvalue weighted by molar-refractivity contribution is -0.140. The lowest BCUT2D eigenvalue weighted by Crippen LogP contribution is -2.53. The molecule has 0 saturated heterocycles. The highest BCUT2D eigenvalue weighted by Crippen LogP contribution is 2.29. The molecule has 1 N–H and O–H groups in total. The zero-order valence-corrected chi connectivity index (χ0v) is 23.8. The summed E-state index contributed by atoms with van der Waals surface area (Å²) >= 11 is 0. The van der Waals surface area contributed by atoms with Gasteiger partial charge in [0.1, 0.15) is 18.3 Å². The van der Waals surface area contributed by atoms with Crippen LogP contribution >= 0.6 is 0 Å². The molecule has 0 heterocycles. The number of ether oxygens (including phenoxy) is 1. The van der Waals surface area contributed by atoms with Crippen molar-refractivity contribution < 1.29 is 22.7 Å². The van der Waals surface area contributed by atoms with Crippen LogP contribution in [0.15, 0.2) is 48.5 Å². The third-order valence-corrected chi connectivity index (χ3v) is 7.53. The first kappa shape index (κ1) is 30.2. The van der Waals surface area contributed by atoms with E-state index in [1.807, 2.05) is 58.9 Å². The molecule has 0 spiro atoms. The molecule has 8 nitrogen and oxygen atoms in total. The highest BCUT2D eigenvalue weighted by Gasteiger charge is 2.32. The Hall–Kier alpha value is -3.07. The molecule has 2 atom stereocenters. The fourth-order valence-corrected chi connectivity index (χ4v) is 4.95. The number of carbonyl (C=O) groups is 2. The molecule has 2 amide bonds. The number of hydrogen-bond acceptors (Lipinski definition) is 5. The fourth-order valence-electron chi connectivity index (χ4n) is 4.09. The highest BCUT2D eigenvalue weighted by atomic mass is 32.2. The topological polar surface area (TPSA) is 96.0 Å². The van der Waals surface area contributed by atoms with Crippen molar-refractivity contribution in [3.05, 3.63) is 59.7 Å². The highest BCUT2D eigenvalue weighted by molar-refractivity contribution is 7.92. The van der Waals surface area contributed by atoms with Gasteiger partial charge in [0, 0.05) is 12.6 Å². The second-order valence-corrected chi connectivity index (χ2v) is 11.5. The molecule has 0 saturated carbocycles. The molecule has 2 aromatic carbocycles. The van der Waals surface area contributed by atoms with Gasteiger partial charge >= 0.3 is 0 Å². The van der Waals surface area contributed by atoms with E-state index in [-0.39, 0.29) is 24.4 Å². The van der Waals surface area contributed by atoms with E-state index in [9.17, 15) is 18.0 Å². The number of methoxy groups -OCH3 is 1. The normalized spacial score (nSPS) is 13.1. The average molecular weight is 532 g/mol. The van der Waals surface area contributed by atoms with Crippen LogP contribution in [0.25, 0.3) is 0 Å². The second kappa shape index (κ2) is 13.5. The van der Waals surface area contributed by atoms with Gasteiger partial charge < -0.3 is 15.0 Å². The summed E-state index contributed by atoms with van der Waals surface area (Å²) in [5.41, 5.74) is 2.09. The van der Waals surface area contributed by atoms with Gasteiger partial charge in [0.15, 0.2) is 0 Å². The maximum Gasteiger partial charge on any atom is 0.244 e. The summed E-state index contributed by atoms with van der Waals surface area (Å²) in [5, 5.41) is 2.97. The molecule has 0 radical (unpaired) electrons. The third kappa shape index (κ3) is 8.21. The van der Waals surface area contributed by atoms with Gasteiger partial charge in [-0.25, -0.2) is 8.42 Å². The number of hydrogen-bond donors (Lipinski definition) is 1. The Morgan fingerprint density at radius 1 is 0.973 bits per heavy atom. The van der Waals surface area contributed by atoms with Crippen molar-refractivity contribution in [1.29, 1.82) is 0 Å². The lowest BCUT2D eigenvalue weighted by atomic mass is 10.0. The quantitative estimate of drug-likeness (QED) is 0.416. The van der Waals surface area contributed by atoms with Gasteiger partial charge in [-0.05, 0) is 55.0 Å². The maximum absolute atomic E-state index is 13.9. The van der Waals surface area contributed by atoms with Crippen molar-refractivity contribution in [2.45, 2.75) is 72.0 Å². The number of benzene rings is 2. The Morgan fingerprint density at radius 3 is 2.11 bits per heavy atom. The molecule has 0 aliphatic rings. The molecule has 0 aromatic heterocycles.